The molecule has 1 N–H and O–H groups in total. The van der Waals surface area contributed by atoms with E-state index < -0.39 is 6.04 Å². The van der Waals surface area contributed by atoms with Crippen molar-refractivity contribution in [2.45, 2.75) is 45.4 Å². The zero-order valence-corrected chi connectivity index (χ0v) is 17.1. The summed E-state index contributed by atoms with van der Waals surface area (Å²) in [6.07, 6.45) is 1.38. The first-order chi connectivity index (χ1) is 13.9. The summed E-state index contributed by atoms with van der Waals surface area (Å²) in [6.45, 7) is 3.77. The van der Waals surface area contributed by atoms with Crippen molar-refractivity contribution in [3.63, 3.8) is 0 Å². The Bertz CT molecular complexity index is 1040. The quantitative estimate of drug-likeness (QED) is 0.573. The molecule has 0 saturated carbocycles. The lowest BCUT2D eigenvalue weighted by Gasteiger charge is -2.19. The largest absolute Gasteiger partial charge is 0.463 e. The second-order valence-corrected chi connectivity index (χ2v) is 7.80. The Balaban J connectivity index is 1.66. The summed E-state index contributed by atoms with van der Waals surface area (Å²) in [4.78, 5) is 42.0. The van der Waals surface area contributed by atoms with E-state index in [0.29, 0.717) is 10.2 Å². The van der Waals surface area contributed by atoms with E-state index in [9.17, 15) is 14.4 Å². The van der Waals surface area contributed by atoms with E-state index in [1.165, 1.54) is 22.2 Å². The van der Waals surface area contributed by atoms with Crippen LogP contribution in [0.3, 0.4) is 0 Å². The Morgan fingerprint density at radius 1 is 1.21 bits per heavy atom. The third kappa shape index (κ3) is 5.51. The van der Waals surface area contributed by atoms with Gasteiger partial charge in [0, 0.05) is 13.0 Å². The molecule has 1 aromatic carbocycles. The molecule has 0 spiro atoms. The fraction of sp³-hybridized carbons (Fsp3) is 0.333. The molecular formula is C21H23N3O4S. The highest BCUT2D eigenvalue weighted by atomic mass is 32.1. The van der Waals surface area contributed by atoms with Crippen LogP contribution in [0.5, 0.6) is 0 Å². The van der Waals surface area contributed by atoms with Gasteiger partial charge in [-0.05, 0) is 30.9 Å². The summed E-state index contributed by atoms with van der Waals surface area (Å²) < 4.78 is 6.65. The molecule has 0 aliphatic heterocycles. The molecule has 1 amide bonds. The number of carbonyl (C=O) groups excluding carboxylic acids is 2. The third-order valence-electron chi connectivity index (χ3n) is 4.31. The number of aromatic nitrogens is 2. The van der Waals surface area contributed by atoms with Gasteiger partial charge in [-0.1, -0.05) is 30.3 Å². The Morgan fingerprint density at radius 3 is 2.69 bits per heavy atom. The summed E-state index contributed by atoms with van der Waals surface area (Å²) in [5, 5.41) is 5.25. The molecule has 0 saturated heterocycles. The van der Waals surface area contributed by atoms with Gasteiger partial charge in [-0.15, -0.1) is 11.3 Å². The first-order valence-electron chi connectivity index (χ1n) is 9.40. The number of hydrogen-bond acceptors (Lipinski definition) is 6. The van der Waals surface area contributed by atoms with Crippen molar-refractivity contribution >= 4 is 33.4 Å². The third-order valence-corrected chi connectivity index (χ3v) is 5.13. The number of amides is 1. The van der Waals surface area contributed by atoms with Crippen molar-refractivity contribution in [2.24, 2.45) is 0 Å². The standard InChI is InChI=1S/C21H23N3O4S/c1-14(2)28-19(26)12-17(15-6-4-3-5-7-15)23-18(25)8-10-24-13-22-20-16(21(24)27)9-11-29-20/h3-7,9,11,13-14,17H,8,10,12H2,1-2H3,(H,23,25). The van der Waals surface area contributed by atoms with Gasteiger partial charge >= 0.3 is 5.97 Å². The molecule has 0 radical (unpaired) electrons. The fourth-order valence-electron chi connectivity index (χ4n) is 2.96. The first kappa shape index (κ1) is 20.7. The van der Waals surface area contributed by atoms with Crippen LogP contribution in [0.25, 0.3) is 10.2 Å². The minimum absolute atomic E-state index is 0.0380. The molecule has 2 heterocycles. The normalized spacial score (nSPS) is 12.1. The average molecular weight is 413 g/mol. The second-order valence-electron chi connectivity index (χ2n) is 6.91. The minimum Gasteiger partial charge on any atom is -0.463 e. The molecule has 0 bridgehead atoms. The van der Waals surface area contributed by atoms with Crippen molar-refractivity contribution in [1.82, 2.24) is 14.9 Å². The minimum atomic E-state index is -0.496. The van der Waals surface area contributed by atoms with Crippen molar-refractivity contribution in [3.8, 4) is 0 Å². The van der Waals surface area contributed by atoms with Gasteiger partial charge in [0.25, 0.3) is 5.56 Å². The second kappa shape index (κ2) is 9.47. The van der Waals surface area contributed by atoms with Crippen molar-refractivity contribution < 1.29 is 14.3 Å². The number of esters is 1. The monoisotopic (exact) mass is 413 g/mol. The number of nitrogens with one attached hydrogen (secondary N) is 1. The summed E-state index contributed by atoms with van der Waals surface area (Å²) in [5.41, 5.74) is 0.657. The van der Waals surface area contributed by atoms with E-state index >= 15 is 0 Å². The highest BCUT2D eigenvalue weighted by molar-refractivity contribution is 7.16. The van der Waals surface area contributed by atoms with Crippen LogP contribution in [-0.2, 0) is 20.9 Å². The van der Waals surface area contributed by atoms with Crippen molar-refractivity contribution in [1.29, 1.82) is 0 Å². The summed E-state index contributed by atoms with van der Waals surface area (Å²) in [7, 11) is 0. The van der Waals surface area contributed by atoms with E-state index in [1.54, 1.807) is 19.9 Å². The van der Waals surface area contributed by atoms with Crippen molar-refractivity contribution in [3.05, 3.63) is 64.0 Å². The summed E-state index contributed by atoms with van der Waals surface area (Å²) in [5.74, 6) is -0.633. The number of rotatable bonds is 8. The van der Waals surface area contributed by atoms with Gasteiger partial charge < -0.3 is 10.1 Å². The highest BCUT2D eigenvalue weighted by Gasteiger charge is 2.20. The maximum atomic E-state index is 12.5. The molecule has 1 unspecified atom stereocenters. The van der Waals surface area contributed by atoms with Gasteiger partial charge in [0.15, 0.2) is 0 Å². The van der Waals surface area contributed by atoms with Crippen LogP contribution in [0.15, 0.2) is 52.9 Å². The van der Waals surface area contributed by atoms with Gasteiger partial charge in [0.2, 0.25) is 5.91 Å². The Morgan fingerprint density at radius 2 is 1.97 bits per heavy atom. The molecule has 1 atom stereocenters. The molecular weight excluding hydrogens is 390 g/mol. The fourth-order valence-corrected chi connectivity index (χ4v) is 3.68. The van der Waals surface area contributed by atoms with Crippen LogP contribution < -0.4 is 10.9 Å². The lowest BCUT2D eigenvalue weighted by atomic mass is 10.0. The number of benzene rings is 1. The van der Waals surface area contributed by atoms with E-state index in [4.69, 9.17) is 4.74 Å². The number of hydrogen-bond donors (Lipinski definition) is 1. The maximum absolute atomic E-state index is 12.5. The molecule has 7 nitrogen and oxygen atoms in total. The topological polar surface area (TPSA) is 90.3 Å². The number of fused-ring (bicyclic) bond motifs is 1. The zero-order chi connectivity index (χ0) is 20.8. The zero-order valence-electron chi connectivity index (χ0n) is 16.3. The van der Waals surface area contributed by atoms with Gasteiger partial charge in [-0.2, -0.15) is 0 Å². The first-order valence-corrected chi connectivity index (χ1v) is 10.3. The molecule has 8 heteroatoms. The lowest BCUT2D eigenvalue weighted by Crippen LogP contribution is -2.32. The van der Waals surface area contributed by atoms with Gasteiger partial charge in [-0.25, -0.2) is 4.98 Å². The molecule has 0 aliphatic carbocycles. The Kier molecular flexibility index (Phi) is 6.77. The van der Waals surface area contributed by atoms with Crippen molar-refractivity contribution in [2.75, 3.05) is 0 Å². The van der Waals surface area contributed by atoms with E-state index in [2.05, 4.69) is 10.3 Å². The number of carbonyl (C=O) groups is 2. The van der Waals surface area contributed by atoms with Crippen LogP contribution in [0.1, 0.15) is 38.3 Å². The Hall–Kier alpha value is -3.00. The van der Waals surface area contributed by atoms with E-state index in [0.717, 1.165) is 5.56 Å². The maximum Gasteiger partial charge on any atom is 0.308 e. The molecule has 29 heavy (non-hydrogen) atoms. The van der Waals surface area contributed by atoms with E-state index in [-0.39, 0.29) is 42.9 Å². The molecule has 152 valence electrons. The van der Waals surface area contributed by atoms with Crippen LogP contribution in [0, 0.1) is 0 Å². The summed E-state index contributed by atoms with van der Waals surface area (Å²) in [6, 6.07) is 10.5. The molecule has 0 aliphatic rings. The van der Waals surface area contributed by atoms with Crippen LogP contribution in [-0.4, -0.2) is 27.5 Å². The van der Waals surface area contributed by atoms with E-state index in [1.807, 2.05) is 35.7 Å². The number of nitrogens with zero attached hydrogens (tertiary/aromatic N) is 2. The predicted molar refractivity (Wildman–Crippen MR) is 112 cm³/mol. The highest BCUT2D eigenvalue weighted by Crippen LogP contribution is 2.18. The molecule has 0 fully saturated rings. The molecule has 3 aromatic rings. The van der Waals surface area contributed by atoms with Gasteiger partial charge in [-0.3, -0.25) is 19.0 Å². The molecule has 2 aromatic heterocycles. The SMILES string of the molecule is CC(C)OC(=O)CC(NC(=O)CCn1cnc2sccc2c1=O)c1ccccc1. The average Bonchev–Trinajstić information content (AvgIpc) is 3.17. The van der Waals surface area contributed by atoms with Crippen LogP contribution in [0.2, 0.25) is 0 Å². The van der Waals surface area contributed by atoms with Gasteiger partial charge in [0.05, 0.1) is 30.3 Å². The molecule has 3 rings (SSSR count). The Labute approximate surface area is 172 Å². The van der Waals surface area contributed by atoms with Gasteiger partial charge in [0.1, 0.15) is 4.83 Å². The van der Waals surface area contributed by atoms with Crippen LogP contribution in [0.4, 0.5) is 0 Å². The lowest BCUT2D eigenvalue weighted by molar-refractivity contribution is -0.148. The number of thiophene rings is 1. The smallest absolute Gasteiger partial charge is 0.308 e. The number of ether oxygens (including phenoxy) is 1. The number of aryl methyl sites for hydroxylation is 1. The summed E-state index contributed by atoms with van der Waals surface area (Å²) >= 11 is 1.40. The van der Waals surface area contributed by atoms with Crippen LogP contribution >= 0.6 is 11.3 Å². The predicted octanol–water partition coefficient (Wildman–Crippen LogP) is 3.05.